The quantitative estimate of drug-likeness (QED) is 0.254. The number of hydrogen-bond donors (Lipinski definition) is 2. The maximum Gasteiger partial charge on any atom is 0.233 e. The molecule has 0 rings (SSSR count). The van der Waals surface area contributed by atoms with E-state index in [1.807, 2.05) is 0 Å². The molecule has 10 heteroatoms. The summed E-state index contributed by atoms with van der Waals surface area (Å²) in [6, 6.07) is 4.20. The van der Waals surface area contributed by atoms with Crippen molar-refractivity contribution in [2.75, 3.05) is 13.1 Å². The Morgan fingerprint density at radius 1 is 0.613 bits per heavy atom. The van der Waals surface area contributed by atoms with Crippen molar-refractivity contribution in [3.63, 3.8) is 0 Å². The molecule has 0 aliphatic rings. The lowest BCUT2D eigenvalue weighted by Gasteiger charge is -2.31. The van der Waals surface area contributed by atoms with Crippen LogP contribution in [0, 0.1) is 22.7 Å². The van der Waals surface area contributed by atoms with Crippen molar-refractivity contribution in [1.29, 1.82) is 10.5 Å². The number of nitrogens with zero attached hydrogens (tertiary/aromatic N) is 2. The van der Waals surface area contributed by atoms with Gasteiger partial charge < -0.3 is 0 Å². The molecule has 0 bridgehead atoms. The van der Waals surface area contributed by atoms with Gasteiger partial charge in [-0.3, -0.25) is 0 Å². The van der Waals surface area contributed by atoms with Crippen molar-refractivity contribution in [3.8, 4) is 12.1 Å². The summed E-state index contributed by atoms with van der Waals surface area (Å²) in [7, 11) is -8.15. The Balaban J connectivity index is 4.67. The van der Waals surface area contributed by atoms with Gasteiger partial charge in [-0.15, -0.1) is 0 Å². The summed E-state index contributed by atoms with van der Waals surface area (Å²) in [5, 5.41) is 17.0. The van der Waals surface area contributed by atoms with Crippen LogP contribution < -0.4 is 9.44 Å². The van der Waals surface area contributed by atoms with E-state index in [1.165, 1.54) is 0 Å². The van der Waals surface area contributed by atoms with Gasteiger partial charge in [0.25, 0.3) is 0 Å². The maximum absolute atomic E-state index is 13.0. The van der Waals surface area contributed by atoms with Gasteiger partial charge in [-0.25, -0.2) is 26.3 Å². The minimum absolute atomic E-state index is 0.0313. The van der Waals surface area contributed by atoms with E-state index in [2.05, 4.69) is 21.6 Å². The van der Waals surface area contributed by atoms with Gasteiger partial charge in [0.15, 0.2) is 4.08 Å². The molecule has 0 spiro atoms. The summed E-state index contributed by atoms with van der Waals surface area (Å²) < 4.78 is 55.1. The Morgan fingerprint density at radius 3 is 1.26 bits per heavy atom. The standard InChI is InChI=1S/C21H40N4O4S2/c1-3-21(4-2,30(26,27)24-19-15-11-7-5-9-13-17-22)31(28,29)25-20-16-12-8-6-10-14-18-23/h24-25H,3-16,19-20H2,1-2H3. The molecular formula is C21H40N4O4S2. The first kappa shape index (κ1) is 29.8. The maximum atomic E-state index is 13.0. The number of nitrogens with one attached hydrogen (secondary N) is 2. The van der Waals surface area contributed by atoms with Gasteiger partial charge in [0.1, 0.15) is 0 Å². The molecule has 180 valence electrons. The second kappa shape index (κ2) is 16.4. The second-order valence-electron chi connectivity index (χ2n) is 7.77. The monoisotopic (exact) mass is 476 g/mol. The zero-order valence-corrected chi connectivity index (χ0v) is 20.8. The molecule has 0 aromatic heterocycles. The van der Waals surface area contributed by atoms with Crippen LogP contribution in [-0.2, 0) is 20.0 Å². The molecule has 0 saturated heterocycles. The van der Waals surface area contributed by atoms with Crippen LogP contribution in [-0.4, -0.2) is 34.0 Å². The minimum Gasteiger partial charge on any atom is -0.214 e. The van der Waals surface area contributed by atoms with Gasteiger partial charge in [-0.05, 0) is 38.5 Å². The molecular weight excluding hydrogens is 436 g/mol. The lowest BCUT2D eigenvalue weighted by atomic mass is 10.1. The zero-order chi connectivity index (χ0) is 23.6. The largest absolute Gasteiger partial charge is 0.233 e. The van der Waals surface area contributed by atoms with Crippen LogP contribution in [0.1, 0.15) is 104 Å². The van der Waals surface area contributed by atoms with Crippen LogP contribution in [0.5, 0.6) is 0 Å². The lowest BCUT2D eigenvalue weighted by Crippen LogP contribution is -2.55. The van der Waals surface area contributed by atoms with Gasteiger partial charge in [0, 0.05) is 25.9 Å². The van der Waals surface area contributed by atoms with E-state index in [0.29, 0.717) is 25.7 Å². The Morgan fingerprint density at radius 2 is 0.935 bits per heavy atom. The van der Waals surface area contributed by atoms with E-state index >= 15 is 0 Å². The fourth-order valence-corrected chi connectivity index (χ4v) is 7.93. The van der Waals surface area contributed by atoms with Gasteiger partial charge in [-0.1, -0.05) is 52.4 Å². The molecule has 0 aromatic rings. The van der Waals surface area contributed by atoms with Crippen LogP contribution in [0.2, 0.25) is 0 Å². The first-order chi connectivity index (χ1) is 14.7. The van der Waals surface area contributed by atoms with Gasteiger partial charge in [-0.2, -0.15) is 10.5 Å². The van der Waals surface area contributed by atoms with E-state index in [4.69, 9.17) is 10.5 Å². The molecule has 0 aliphatic carbocycles. The smallest absolute Gasteiger partial charge is 0.214 e. The van der Waals surface area contributed by atoms with Gasteiger partial charge >= 0.3 is 0 Å². The Kier molecular flexibility index (Phi) is 15.8. The molecule has 0 radical (unpaired) electrons. The molecule has 0 amide bonds. The summed E-state index contributed by atoms with van der Waals surface area (Å²) in [5.74, 6) is 0. The molecule has 0 aromatic carbocycles. The van der Waals surface area contributed by atoms with Crippen LogP contribution in [0.3, 0.4) is 0 Å². The van der Waals surface area contributed by atoms with E-state index < -0.39 is 24.1 Å². The topological polar surface area (TPSA) is 140 Å². The van der Waals surface area contributed by atoms with Crippen molar-refractivity contribution in [2.45, 2.75) is 108 Å². The predicted molar refractivity (Wildman–Crippen MR) is 124 cm³/mol. The van der Waals surface area contributed by atoms with Gasteiger partial charge in [0.2, 0.25) is 20.0 Å². The van der Waals surface area contributed by atoms with Crippen molar-refractivity contribution in [3.05, 3.63) is 0 Å². The highest BCUT2D eigenvalue weighted by Crippen LogP contribution is 2.31. The fraction of sp³-hybridized carbons (Fsp3) is 0.905. The molecule has 0 fully saturated rings. The van der Waals surface area contributed by atoms with E-state index in [9.17, 15) is 16.8 Å². The molecule has 0 heterocycles. The van der Waals surface area contributed by atoms with Crippen LogP contribution in [0.25, 0.3) is 0 Å². The highest BCUT2D eigenvalue weighted by molar-refractivity contribution is 8.08. The average molecular weight is 477 g/mol. The average Bonchev–Trinajstić information content (AvgIpc) is 2.72. The van der Waals surface area contributed by atoms with E-state index in [0.717, 1.165) is 51.4 Å². The molecule has 0 unspecified atom stereocenters. The first-order valence-corrected chi connectivity index (χ1v) is 14.4. The highest BCUT2D eigenvalue weighted by Gasteiger charge is 2.52. The summed E-state index contributed by atoms with van der Waals surface area (Å²) in [6.07, 6.45) is 9.35. The summed E-state index contributed by atoms with van der Waals surface area (Å²) in [4.78, 5) is 0. The molecule has 31 heavy (non-hydrogen) atoms. The summed E-state index contributed by atoms with van der Waals surface area (Å²) in [6.45, 7) is 3.60. The van der Waals surface area contributed by atoms with Crippen molar-refractivity contribution >= 4 is 20.0 Å². The van der Waals surface area contributed by atoms with E-state index in [-0.39, 0.29) is 25.9 Å². The molecule has 2 N–H and O–H groups in total. The number of sulfonamides is 2. The number of unbranched alkanes of at least 4 members (excludes halogenated alkanes) is 10. The van der Waals surface area contributed by atoms with Crippen LogP contribution in [0.15, 0.2) is 0 Å². The zero-order valence-electron chi connectivity index (χ0n) is 19.2. The molecule has 8 nitrogen and oxygen atoms in total. The molecule has 0 saturated carbocycles. The molecule has 0 aliphatic heterocycles. The minimum atomic E-state index is -4.07. The predicted octanol–water partition coefficient (Wildman–Crippen LogP) is 4.07. The fourth-order valence-electron chi connectivity index (χ4n) is 3.55. The van der Waals surface area contributed by atoms with Crippen LogP contribution >= 0.6 is 0 Å². The van der Waals surface area contributed by atoms with E-state index in [1.54, 1.807) is 13.8 Å². The third-order valence-electron chi connectivity index (χ3n) is 5.57. The Hall–Kier alpha value is -1.20. The number of rotatable bonds is 20. The molecule has 0 atom stereocenters. The number of nitriles is 2. The Labute approximate surface area is 189 Å². The Bertz CT molecular complexity index is 702. The van der Waals surface area contributed by atoms with Crippen molar-refractivity contribution < 1.29 is 16.8 Å². The van der Waals surface area contributed by atoms with Gasteiger partial charge in [0.05, 0.1) is 12.1 Å². The lowest BCUT2D eigenvalue weighted by molar-refractivity contribution is 0.502. The second-order valence-corrected chi connectivity index (χ2v) is 12.2. The first-order valence-electron chi connectivity index (χ1n) is 11.5. The highest BCUT2D eigenvalue weighted by atomic mass is 32.3. The normalized spacial score (nSPS) is 12.4. The SMILES string of the molecule is CCC(CC)(S(=O)(=O)NCCCCCCCC#N)S(=O)(=O)NCCCCCCCC#N. The van der Waals surface area contributed by atoms with Crippen molar-refractivity contribution in [1.82, 2.24) is 9.44 Å². The third kappa shape index (κ3) is 10.3. The summed E-state index contributed by atoms with van der Waals surface area (Å²) in [5.41, 5.74) is 0. The van der Waals surface area contributed by atoms with Crippen molar-refractivity contribution in [2.24, 2.45) is 0 Å². The van der Waals surface area contributed by atoms with Crippen LogP contribution in [0.4, 0.5) is 0 Å². The third-order valence-corrected chi connectivity index (χ3v) is 11.2. The summed E-state index contributed by atoms with van der Waals surface area (Å²) >= 11 is 0. The number of hydrogen-bond acceptors (Lipinski definition) is 6.